The average Bonchev–Trinajstić information content (AvgIpc) is 2.28. The molecule has 1 aromatic rings. The highest BCUT2D eigenvalue weighted by Gasteiger charge is 2.31. The molecule has 0 fully saturated rings. The molecule has 0 unspecified atom stereocenters. The molecular formula is C11H12F3NO2. The van der Waals surface area contributed by atoms with Crippen molar-refractivity contribution < 1.29 is 22.7 Å². The number of halogens is 3. The summed E-state index contributed by atoms with van der Waals surface area (Å²) in [7, 11) is 1.31. The Morgan fingerprint density at radius 2 is 2.12 bits per heavy atom. The van der Waals surface area contributed by atoms with Gasteiger partial charge < -0.3 is 10.1 Å². The number of amides is 1. The highest BCUT2D eigenvalue weighted by atomic mass is 19.4. The van der Waals surface area contributed by atoms with E-state index < -0.39 is 11.7 Å². The average molecular weight is 247 g/mol. The SMILES string of the molecule is COc1cc(C(F)(F)F)ccc1CCNC=O. The van der Waals surface area contributed by atoms with Crippen molar-refractivity contribution in [3.05, 3.63) is 29.3 Å². The van der Waals surface area contributed by atoms with E-state index in [0.29, 0.717) is 24.9 Å². The maximum absolute atomic E-state index is 12.4. The molecule has 1 rings (SSSR count). The second-order valence-corrected chi connectivity index (χ2v) is 3.35. The molecule has 1 amide bonds. The summed E-state index contributed by atoms with van der Waals surface area (Å²) in [5.74, 6) is 0.174. The summed E-state index contributed by atoms with van der Waals surface area (Å²) < 4.78 is 42.2. The number of benzene rings is 1. The predicted molar refractivity (Wildman–Crippen MR) is 55.8 cm³/mol. The van der Waals surface area contributed by atoms with Crippen LogP contribution in [0.15, 0.2) is 18.2 Å². The minimum atomic E-state index is -4.38. The lowest BCUT2D eigenvalue weighted by atomic mass is 10.1. The summed E-state index contributed by atoms with van der Waals surface area (Å²) in [5.41, 5.74) is -0.128. The van der Waals surface area contributed by atoms with E-state index in [2.05, 4.69) is 5.32 Å². The predicted octanol–water partition coefficient (Wildman–Crippen LogP) is 2.00. The standard InChI is InChI=1S/C11H12F3NO2/c1-17-10-6-9(11(12,13)14)3-2-8(10)4-5-15-7-16/h2-3,6-7H,4-5H2,1H3,(H,15,16). The molecule has 0 aliphatic heterocycles. The number of hydrogen-bond donors (Lipinski definition) is 1. The van der Waals surface area contributed by atoms with E-state index in [-0.39, 0.29) is 5.75 Å². The van der Waals surface area contributed by atoms with Crippen LogP contribution in [-0.4, -0.2) is 20.1 Å². The fourth-order valence-corrected chi connectivity index (χ4v) is 1.39. The summed E-state index contributed by atoms with van der Waals surface area (Å²) >= 11 is 0. The highest BCUT2D eigenvalue weighted by Crippen LogP contribution is 2.33. The van der Waals surface area contributed by atoms with Crippen molar-refractivity contribution in [2.75, 3.05) is 13.7 Å². The van der Waals surface area contributed by atoms with Gasteiger partial charge in [0.2, 0.25) is 6.41 Å². The van der Waals surface area contributed by atoms with E-state index in [4.69, 9.17) is 4.74 Å². The van der Waals surface area contributed by atoms with Crippen LogP contribution in [-0.2, 0) is 17.4 Å². The third-order valence-corrected chi connectivity index (χ3v) is 2.24. The van der Waals surface area contributed by atoms with Gasteiger partial charge in [-0.15, -0.1) is 0 Å². The molecule has 0 atom stereocenters. The zero-order valence-electron chi connectivity index (χ0n) is 9.17. The van der Waals surface area contributed by atoms with E-state index in [1.165, 1.54) is 13.2 Å². The van der Waals surface area contributed by atoms with Crippen LogP contribution in [0.5, 0.6) is 5.75 Å². The number of carbonyl (C=O) groups excluding carboxylic acids is 1. The van der Waals surface area contributed by atoms with E-state index in [0.717, 1.165) is 12.1 Å². The number of rotatable bonds is 5. The van der Waals surface area contributed by atoms with E-state index >= 15 is 0 Å². The molecule has 0 radical (unpaired) electrons. The number of hydrogen-bond acceptors (Lipinski definition) is 2. The molecule has 0 aliphatic rings. The first kappa shape index (κ1) is 13.3. The van der Waals surface area contributed by atoms with E-state index in [9.17, 15) is 18.0 Å². The molecule has 0 spiro atoms. The van der Waals surface area contributed by atoms with Crippen LogP contribution in [0.3, 0.4) is 0 Å². The number of methoxy groups -OCH3 is 1. The van der Waals surface area contributed by atoms with Gasteiger partial charge in [0.05, 0.1) is 12.7 Å². The Morgan fingerprint density at radius 3 is 2.65 bits per heavy atom. The Balaban J connectivity index is 2.89. The van der Waals surface area contributed by atoms with Crippen LogP contribution in [0.4, 0.5) is 13.2 Å². The first-order valence-corrected chi connectivity index (χ1v) is 4.90. The van der Waals surface area contributed by atoms with E-state index in [1.54, 1.807) is 0 Å². The summed E-state index contributed by atoms with van der Waals surface area (Å²) in [5, 5.41) is 2.43. The van der Waals surface area contributed by atoms with Crippen LogP contribution in [0.1, 0.15) is 11.1 Å². The summed E-state index contributed by atoms with van der Waals surface area (Å²) in [6.45, 7) is 0.352. The topological polar surface area (TPSA) is 38.3 Å². The van der Waals surface area contributed by atoms with Crippen molar-refractivity contribution in [1.82, 2.24) is 5.32 Å². The molecule has 0 saturated heterocycles. The zero-order valence-corrected chi connectivity index (χ0v) is 9.17. The van der Waals surface area contributed by atoms with Crippen molar-refractivity contribution in [2.45, 2.75) is 12.6 Å². The maximum atomic E-state index is 12.4. The largest absolute Gasteiger partial charge is 0.496 e. The summed E-state index contributed by atoms with van der Waals surface area (Å²) in [6.07, 6.45) is -3.43. The second kappa shape index (κ2) is 5.56. The molecule has 1 aromatic carbocycles. The van der Waals surface area contributed by atoms with Crippen LogP contribution in [0, 0.1) is 0 Å². The zero-order chi connectivity index (χ0) is 12.9. The van der Waals surface area contributed by atoms with Gasteiger partial charge in [-0.3, -0.25) is 4.79 Å². The van der Waals surface area contributed by atoms with Gasteiger partial charge in [-0.1, -0.05) is 6.07 Å². The maximum Gasteiger partial charge on any atom is 0.416 e. The molecular weight excluding hydrogens is 235 g/mol. The minimum absolute atomic E-state index is 0.174. The van der Waals surface area contributed by atoms with Gasteiger partial charge in [0.25, 0.3) is 0 Å². The van der Waals surface area contributed by atoms with Crippen molar-refractivity contribution in [3.8, 4) is 5.75 Å². The smallest absolute Gasteiger partial charge is 0.416 e. The third kappa shape index (κ3) is 3.65. The lowest BCUT2D eigenvalue weighted by Gasteiger charge is -2.12. The molecule has 0 saturated carbocycles. The molecule has 6 heteroatoms. The normalized spacial score (nSPS) is 11.1. The van der Waals surface area contributed by atoms with E-state index in [1.807, 2.05) is 0 Å². The molecule has 0 aromatic heterocycles. The Kier molecular flexibility index (Phi) is 4.37. The third-order valence-electron chi connectivity index (χ3n) is 2.24. The van der Waals surface area contributed by atoms with Crippen molar-refractivity contribution in [2.24, 2.45) is 0 Å². The summed E-state index contributed by atoms with van der Waals surface area (Å²) in [4.78, 5) is 10.0. The molecule has 17 heavy (non-hydrogen) atoms. The van der Waals surface area contributed by atoms with Crippen LogP contribution in [0.2, 0.25) is 0 Å². The monoisotopic (exact) mass is 247 g/mol. The molecule has 3 nitrogen and oxygen atoms in total. The number of alkyl halides is 3. The second-order valence-electron chi connectivity index (χ2n) is 3.35. The first-order valence-electron chi connectivity index (χ1n) is 4.90. The molecule has 0 bridgehead atoms. The Labute approximate surface area is 96.6 Å². The number of carbonyl (C=O) groups is 1. The van der Waals surface area contributed by atoms with Gasteiger partial charge in [-0.25, -0.2) is 0 Å². The minimum Gasteiger partial charge on any atom is -0.496 e. The number of ether oxygens (including phenoxy) is 1. The molecule has 94 valence electrons. The highest BCUT2D eigenvalue weighted by molar-refractivity contribution is 5.46. The summed E-state index contributed by atoms with van der Waals surface area (Å²) in [6, 6.07) is 3.31. The van der Waals surface area contributed by atoms with Gasteiger partial charge in [0.15, 0.2) is 0 Å². The molecule has 1 N–H and O–H groups in total. The van der Waals surface area contributed by atoms with Crippen LogP contribution >= 0.6 is 0 Å². The quantitative estimate of drug-likeness (QED) is 0.638. The van der Waals surface area contributed by atoms with Crippen LogP contribution < -0.4 is 10.1 Å². The fraction of sp³-hybridized carbons (Fsp3) is 0.364. The molecule has 0 heterocycles. The van der Waals surface area contributed by atoms with Gasteiger partial charge in [0, 0.05) is 6.54 Å². The van der Waals surface area contributed by atoms with Crippen molar-refractivity contribution in [3.63, 3.8) is 0 Å². The van der Waals surface area contributed by atoms with Gasteiger partial charge in [-0.05, 0) is 24.1 Å². The van der Waals surface area contributed by atoms with Gasteiger partial charge >= 0.3 is 6.18 Å². The van der Waals surface area contributed by atoms with Gasteiger partial charge in [0.1, 0.15) is 5.75 Å². The lowest BCUT2D eigenvalue weighted by Crippen LogP contribution is -2.15. The number of nitrogens with one attached hydrogen (secondary N) is 1. The van der Waals surface area contributed by atoms with Gasteiger partial charge in [-0.2, -0.15) is 13.2 Å². The lowest BCUT2D eigenvalue weighted by molar-refractivity contribution is -0.137. The molecule has 0 aliphatic carbocycles. The van der Waals surface area contributed by atoms with Crippen LogP contribution in [0.25, 0.3) is 0 Å². The fourth-order valence-electron chi connectivity index (χ4n) is 1.39. The Hall–Kier alpha value is -1.72. The Bertz CT molecular complexity index is 391. The van der Waals surface area contributed by atoms with Crippen molar-refractivity contribution >= 4 is 6.41 Å². The first-order chi connectivity index (χ1) is 7.99. The Morgan fingerprint density at radius 1 is 1.41 bits per heavy atom. The van der Waals surface area contributed by atoms with Crippen molar-refractivity contribution in [1.29, 1.82) is 0 Å².